The fourth-order valence-corrected chi connectivity index (χ4v) is 3.49. The third kappa shape index (κ3) is 1.75. The molecule has 2 heteroatoms. The maximum atomic E-state index is 9.52. The Kier molecular flexibility index (Phi) is 2.62. The van der Waals surface area contributed by atoms with E-state index in [-0.39, 0.29) is 0 Å². The number of nitrogens with zero attached hydrogens (tertiary/aromatic N) is 1. The lowest BCUT2D eigenvalue weighted by atomic mass is 9.74. The van der Waals surface area contributed by atoms with Crippen molar-refractivity contribution in [3.8, 4) is 5.75 Å². The molecule has 17 heavy (non-hydrogen) atoms. The largest absolute Gasteiger partial charge is 0.508 e. The molecule has 1 aromatic carbocycles. The number of unbranched alkanes of at least 4 members (excludes halogenated alkanes) is 1. The summed E-state index contributed by atoms with van der Waals surface area (Å²) in [6.07, 6.45) is 5.02. The van der Waals surface area contributed by atoms with Crippen LogP contribution in [0.5, 0.6) is 5.75 Å². The van der Waals surface area contributed by atoms with Crippen molar-refractivity contribution in [2.75, 3.05) is 19.6 Å². The first-order chi connectivity index (χ1) is 8.23. The van der Waals surface area contributed by atoms with E-state index in [0.717, 1.165) is 6.42 Å². The Labute approximate surface area is 103 Å². The van der Waals surface area contributed by atoms with Crippen LogP contribution < -0.4 is 0 Å². The fourth-order valence-electron chi connectivity index (χ4n) is 3.49. The maximum absolute atomic E-state index is 9.52. The number of likely N-dealkylation sites (tertiary alicyclic amines) is 1. The van der Waals surface area contributed by atoms with Gasteiger partial charge in [-0.2, -0.15) is 0 Å². The number of fused-ring (bicyclic) bond motifs is 2. The molecule has 1 aliphatic carbocycles. The van der Waals surface area contributed by atoms with Gasteiger partial charge in [0.2, 0.25) is 0 Å². The third-order valence-electron chi connectivity index (χ3n) is 4.41. The van der Waals surface area contributed by atoms with Crippen molar-refractivity contribution in [2.24, 2.45) is 0 Å². The molecule has 2 nitrogen and oxygen atoms in total. The normalized spacial score (nSPS) is 21.5. The number of benzene rings is 1. The molecule has 0 atom stereocenters. The van der Waals surface area contributed by atoms with Gasteiger partial charge in [-0.25, -0.2) is 0 Å². The topological polar surface area (TPSA) is 23.5 Å². The number of phenols is 1. The van der Waals surface area contributed by atoms with E-state index in [1.165, 1.54) is 50.0 Å². The molecule has 1 fully saturated rings. The molecular weight excluding hydrogens is 210 g/mol. The Morgan fingerprint density at radius 2 is 2.18 bits per heavy atom. The number of aromatic hydroxyl groups is 1. The molecule has 0 saturated carbocycles. The van der Waals surface area contributed by atoms with Gasteiger partial charge >= 0.3 is 0 Å². The summed E-state index contributed by atoms with van der Waals surface area (Å²) in [4.78, 5) is 2.57. The molecule has 0 unspecified atom stereocenters. The Morgan fingerprint density at radius 3 is 2.94 bits per heavy atom. The average Bonchev–Trinajstić information content (AvgIpc) is 2.63. The number of hydrogen-bond acceptors (Lipinski definition) is 2. The summed E-state index contributed by atoms with van der Waals surface area (Å²) in [5.74, 6) is 0.419. The van der Waals surface area contributed by atoms with Gasteiger partial charge in [-0.3, -0.25) is 0 Å². The molecule has 1 aliphatic heterocycles. The van der Waals surface area contributed by atoms with Gasteiger partial charge in [0, 0.05) is 18.5 Å². The quantitative estimate of drug-likeness (QED) is 0.864. The predicted octanol–water partition coefficient (Wildman–Crippen LogP) is 2.69. The Balaban J connectivity index is 1.73. The molecule has 0 radical (unpaired) electrons. The molecule has 0 aromatic heterocycles. The van der Waals surface area contributed by atoms with Crippen LogP contribution in [-0.2, 0) is 11.8 Å². The second-order valence-electron chi connectivity index (χ2n) is 5.69. The minimum atomic E-state index is 0.419. The lowest BCUT2D eigenvalue weighted by Gasteiger charge is -2.49. The van der Waals surface area contributed by atoms with Gasteiger partial charge in [-0.1, -0.05) is 19.4 Å². The molecule has 3 rings (SSSR count). The van der Waals surface area contributed by atoms with E-state index in [1.54, 1.807) is 0 Å². The van der Waals surface area contributed by atoms with Gasteiger partial charge in [-0.05, 0) is 49.1 Å². The smallest absolute Gasteiger partial charge is 0.115 e. The molecule has 1 aromatic rings. The van der Waals surface area contributed by atoms with Crippen LogP contribution in [-0.4, -0.2) is 29.6 Å². The molecule has 1 N–H and O–H groups in total. The third-order valence-corrected chi connectivity index (χ3v) is 4.41. The van der Waals surface area contributed by atoms with Crippen molar-refractivity contribution in [1.82, 2.24) is 4.90 Å². The van der Waals surface area contributed by atoms with Crippen LogP contribution in [0.4, 0.5) is 0 Å². The summed E-state index contributed by atoms with van der Waals surface area (Å²) in [5, 5.41) is 9.52. The van der Waals surface area contributed by atoms with E-state index in [1.807, 2.05) is 12.1 Å². The van der Waals surface area contributed by atoms with Crippen molar-refractivity contribution in [3.63, 3.8) is 0 Å². The minimum Gasteiger partial charge on any atom is -0.508 e. The summed E-state index contributed by atoms with van der Waals surface area (Å²) >= 11 is 0. The number of phenolic OH excluding ortho intramolecular Hbond substituents is 1. The first-order valence-corrected chi connectivity index (χ1v) is 6.78. The zero-order chi connectivity index (χ0) is 11.9. The highest BCUT2D eigenvalue weighted by Gasteiger charge is 2.47. The summed E-state index contributed by atoms with van der Waals surface area (Å²) in [6, 6.07) is 5.95. The Bertz CT molecular complexity index is 421. The van der Waals surface area contributed by atoms with Crippen LogP contribution in [0.15, 0.2) is 18.2 Å². The summed E-state index contributed by atoms with van der Waals surface area (Å²) in [6.45, 7) is 5.96. The van der Waals surface area contributed by atoms with E-state index in [0.29, 0.717) is 11.2 Å². The van der Waals surface area contributed by atoms with Crippen molar-refractivity contribution >= 4 is 0 Å². The predicted molar refractivity (Wildman–Crippen MR) is 69.5 cm³/mol. The lowest BCUT2D eigenvalue weighted by molar-refractivity contribution is 0.0645. The van der Waals surface area contributed by atoms with E-state index in [9.17, 15) is 5.11 Å². The Hall–Kier alpha value is -1.02. The van der Waals surface area contributed by atoms with Crippen LogP contribution in [0.2, 0.25) is 0 Å². The van der Waals surface area contributed by atoms with E-state index in [2.05, 4.69) is 17.9 Å². The Morgan fingerprint density at radius 1 is 1.35 bits per heavy atom. The van der Waals surface area contributed by atoms with Crippen LogP contribution in [0.1, 0.15) is 37.3 Å². The summed E-state index contributed by atoms with van der Waals surface area (Å²) < 4.78 is 0. The van der Waals surface area contributed by atoms with Crippen molar-refractivity contribution in [2.45, 2.75) is 38.0 Å². The van der Waals surface area contributed by atoms with Crippen molar-refractivity contribution in [1.29, 1.82) is 0 Å². The van der Waals surface area contributed by atoms with E-state index >= 15 is 0 Å². The number of hydrogen-bond donors (Lipinski definition) is 1. The number of aryl methyl sites for hydroxylation is 1. The number of rotatable bonds is 3. The highest BCUT2D eigenvalue weighted by atomic mass is 16.3. The second-order valence-corrected chi connectivity index (χ2v) is 5.69. The lowest BCUT2D eigenvalue weighted by Crippen LogP contribution is -2.58. The average molecular weight is 231 g/mol. The van der Waals surface area contributed by atoms with Gasteiger partial charge in [0.05, 0.1) is 0 Å². The molecular formula is C15H21NO. The van der Waals surface area contributed by atoms with Gasteiger partial charge in [0.1, 0.15) is 5.75 Å². The molecule has 92 valence electrons. The van der Waals surface area contributed by atoms with E-state index in [4.69, 9.17) is 0 Å². The molecule has 1 heterocycles. The highest BCUT2D eigenvalue weighted by molar-refractivity contribution is 5.45. The van der Waals surface area contributed by atoms with Crippen LogP contribution in [0.25, 0.3) is 0 Å². The SMILES string of the molecule is CCCCN1CC2(CCc3cc(O)ccc32)C1. The van der Waals surface area contributed by atoms with Gasteiger partial charge in [-0.15, -0.1) is 0 Å². The van der Waals surface area contributed by atoms with Gasteiger partial charge in [0.25, 0.3) is 0 Å². The minimum absolute atomic E-state index is 0.419. The van der Waals surface area contributed by atoms with Crippen LogP contribution in [0, 0.1) is 0 Å². The van der Waals surface area contributed by atoms with Crippen LogP contribution in [0.3, 0.4) is 0 Å². The summed E-state index contributed by atoms with van der Waals surface area (Å²) in [7, 11) is 0. The zero-order valence-electron chi connectivity index (χ0n) is 10.6. The fraction of sp³-hybridized carbons (Fsp3) is 0.600. The first kappa shape index (κ1) is 11.1. The summed E-state index contributed by atoms with van der Waals surface area (Å²) in [5.41, 5.74) is 3.31. The highest BCUT2D eigenvalue weighted by Crippen LogP contribution is 2.46. The van der Waals surface area contributed by atoms with Crippen LogP contribution >= 0.6 is 0 Å². The van der Waals surface area contributed by atoms with Gasteiger partial charge < -0.3 is 10.0 Å². The molecule has 1 spiro atoms. The maximum Gasteiger partial charge on any atom is 0.115 e. The molecule has 0 bridgehead atoms. The van der Waals surface area contributed by atoms with Crippen molar-refractivity contribution in [3.05, 3.63) is 29.3 Å². The molecule has 2 aliphatic rings. The molecule has 0 amide bonds. The zero-order valence-corrected chi connectivity index (χ0v) is 10.6. The van der Waals surface area contributed by atoms with Gasteiger partial charge in [0.15, 0.2) is 0 Å². The van der Waals surface area contributed by atoms with Crippen molar-refractivity contribution < 1.29 is 5.11 Å². The molecule has 1 saturated heterocycles. The second kappa shape index (κ2) is 4.02. The van der Waals surface area contributed by atoms with E-state index < -0.39 is 0 Å². The standard InChI is InChI=1S/C15H21NO/c1-2-3-8-16-10-15(11-16)7-6-12-9-13(17)4-5-14(12)15/h4-5,9,17H,2-3,6-8,10-11H2,1H3. The monoisotopic (exact) mass is 231 g/mol. The first-order valence-electron chi connectivity index (χ1n) is 6.78.